The summed E-state index contributed by atoms with van der Waals surface area (Å²) in [5.41, 5.74) is 8.78. The Morgan fingerprint density at radius 2 is 1.54 bits per heavy atom. The van der Waals surface area contributed by atoms with E-state index in [1.807, 2.05) is 42.2 Å². The predicted octanol–water partition coefficient (Wildman–Crippen LogP) is 6.15. The number of benzene rings is 3. The highest BCUT2D eigenvalue weighted by atomic mass is 16.6. The van der Waals surface area contributed by atoms with Crippen LogP contribution < -0.4 is 0 Å². The van der Waals surface area contributed by atoms with E-state index in [2.05, 4.69) is 52.8 Å². The van der Waals surface area contributed by atoms with Gasteiger partial charge < -0.3 is 9.30 Å². The van der Waals surface area contributed by atoms with E-state index in [1.165, 1.54) is 17.7 Å². The van der Waals surface area contributed by atoms with Crippen LogP contribution in [0.5, 0.6) is 0 Å². The summed E-state index contributed by atoms with van der Waals surface area (Å²) in [6, 6.07) is 26.8. The fraction of sp³-hybridized carbons (Fsp3) is 0.212. The average molecular weight is 546 g/mol. The average Bonchev–Trinajstić information content (AvgIpc) is 3.35. The van der Waals surface area contributed by atoms with Crippen LogP contribution in [0.1, 0.15) is 27.2 Å². The molecule has 3 heterocycles. The van der Waals surface area contributed by atoms with Gasteiger partial charge in [0.1, 0.15) is 5.65 Å². The number of imidazole rings is 1. The van der Waals surface area contributed by atoms with Crippen LogP contribution in [0.15, 0.2) is 91.1 Å². The van der Waals surface area contributed by atoms with E-state index < -0.39 is 0 Å². The molecule has 3 aromatic carbocycles. The van der Waals surface area contributed by atoms with Crippen molar-refractivity contribution < 1.29 is 9.72 Å². The standard InChI is InChI=1S/C33H31N5O3/c1-23-6-8-26(9-7-23)33(39)36-18-16-35(17-19-36)22-30-32(25-10-13-29(14-11-25)38(40)41)34-31-15-12-28(21-37(30)31)27-5-3-4-24(2)20-27/h3-15,20-21H,16-19,22H2,1-2H3. The number of aromatic nitrogens is 2. The van der Waals surface area contributed by atoms with Crippen molar-refractivity contribution >= 4 is 17.2 Å². The summed E-state index contributed by atoms with van der Waals surface area (Å²) in [5.74, 6) is 0.0637. The van der Waals surface area contributed by atoms with Gasteiger partial charge in [0, 0.05) is 62.2 Å². The maximum absolute atomic E-state index is 13.1. The molecule has 0 N–H and O–H groups in total. The number of nitro benzene ring substituents is 1. The molecule has 206 valence electrons. The molecule has 1 amide bonds. The molecule has 0 atom stereocenters. The minimum absolute atomic E-state index is 0.0511. The normalized spacial score (nSPS) is 14.0. The van der Waals surface area contributed by atoms with Gasteiger partial charge in [-0.25, -0.2) is 4.98 Å². The van der Waals surface area contributed by atoms with Gasteiger partial charge in [-0.2, -0.15) is 0 Å². The number of rotatable bonds is 6. The first-order chi connectivity index (χ1) is 19.9. The Balaban J connectivity index is 1.31. The van der Waals surface area contributed by atoms with Crippen LogP contribution in [0, 0.1) is 24.0 Å². The molecular weight excluding hydrogens is 514 g/mol. The molecule has 1 aliphatic heterocycles. The van der Waals surface area contributed by atoms with E-state index in [9.17, 15) is 14.9 Å². The Morgan fingerprint density at radius 3 is 2.22 bits per heavy atom. The van der Waals surface area contributed by atoms with Gasteiger partial charge in [0.15, 0.2) is 0 Å². The Bertz CT molecular complexity index is 1730. The van der Waals surface area contributed by atoms with Crippen molar-refractivity contribution in [3.8, 4) is 22.4 Å². The number of fused-ring (bicyclic) bond motifs is 1. The first kappa shape index (κ1) is 26.4. The van der Waals surface area contributed by atoms with Crippen molar-refractivity contribution in [2.75, 3.05) is 26.2 Å². The quantitative estimate of drug-likeness (QED) is 0.189. The zero-order chi connectivity index (χ0) is 28.5. The number of piperazine rings is 1. The number of non-ortho nitro benzene ring substituents is 1. The van der Waals surface area contributed by atoms with Gasteiger partial charge in [-0.15, -0.1) is 0 Å². The van der Waals surface area contributed by atoms with Gasteiger partial charge in [-0.05, 0) is 61.4 Å². The first-order valence-corrected chi connectivity index (χ1v) is 13.8. The van der Waals surface area contributed by atoms with Crippen LogP contribution in [0.25, 0.3) is 28.0 Å². The lowest BCUT2D eigenvalue weighted by molar-refractivity contribution is -0.384. The van der Waals surface area contributed by atoms with Gasteiger partial charge in [0.2, 0.25) is 0 Å². The zero-order valence-electron chi connectivity index (χ0n) is 23.2. The monoisotopic (exact) mass is 545 g/mol. The van der Waals surface area contributed by atoms with Gasteiger partial charge in [-0.1, -0.05) is 47.5 Å². The number of pyridine rings is 1. The van der Waals surface area contributed by atoms with Crippen LogP contribution in [0.4, 0.5) is 5.69 Å². The van der Waals surface area contributed by atoms with Crippen molar-refractivity contribution in [2.24, 2.45) is 0 Å². The number of carbonyl (C=O) groups excluding carboxylic acids is 1. The second-order valence-electron chi connectivity index (χ2n) is 10.7. The summed E-state index contributed by atoms with van der Waals surface area (Å²) in [7, 11) is 0. The largest absolute Gasteiger partial charge is 0.336 e. The Hall–Kier alpha value is -4.82. The molecule has 0 spiro atoms. The molecule has 41 heavy (non-hydrogen) atoms. The van der Waals surface area contributed by atoms with Crippen LogP contribution in [0.2, 0.25) is 0 Å². The number of nitrogens with zero attached hydrogens (tertiary/aromatic N) is 5. The van der Waals surface area contributed by atoms with E-state index in [0.29, 0.717) is 19.6 Å². The smallest absolute Gasteiger partial charge is 0.269 e. The molecule has 8 heteroatoms. The van der Waals surface area contributed by atoms with Crippen LogP contribution in [-0.2, 0) is 6.54 Å². The van der Waals surface area contributed by atoms with E-state index in [-0.39, 0.29) is 16.5 Å². The molecule has 0 unspecified atom stereocenters. The first-order valence-electron chi connectivity index (χ1n) is 13.8. The second kappa shape index (κ2) is 11.0. The molecule has 6 rings (SSSR count). The molecule has 0 bridgehead atoms. The van der Waals surface area contributed by atoms with Crippen molar-refractivity contribution in [3.05, 3.63) is 124 Å². The lowest BCUT2D eigenvalue weighted by Crippen LogP contribution is -2.48. The highest BCUT2D eigenvalue weighted by Gasteiger charge is 2.25. The van der Waals surface area contributed by atoms with Gasteiger partial charge in [0.25, 0.3) is 11.6 Å². The molecule has 0 saturated carbocycles. The summed E-state index contributed by atoms with van der Waals surface area (Å²) in [5, 5.41) is 11.2. The Kier molecular flexibility index (Phi) is 7.07. The van der Waals surface area contributed by atoms with Crippen LogP contribution in [0.3, 0.4) is 0 Å². The Morgan fingerprint density at radius 1 is 0.829 bits per heavy atom. The van der Waals surface area contributed by atoms with E-state index in [0.717, 1.165) is 57.9 Å². The lowest BCUT2D eigenvalue weighted by atomic mass is 10.1. The maximum Gasteiger partial charge on any atom is 0.269 e. The summed E-state index contributed by atoms with van der Waals surface area (Å²) in [6.45, 7) is 7.50. The summed E-state index contributed by atoms with van der Waals surface area (Å²) < 4.78 is 2.14. The maximum atomic E-state index is 13.1. The highest BCUT2D eigenvalue weighted by molar-refractivity contribution is 5.94. The van der Waals surface area contributed by atoms with Crippen molar-refractivity contribution in [1.82, 2.24) is 19.2 Å². The third-order valence-electron chi connectivity index (χ3n) is 7.75. The minimum Gasteiger partial charge on any atom is -0.336 e. The van der Waals surface area contributed by atoms with E-state index in [1.54, 1.807) is 12.1 Å². The van der Waals surface area contributed by atoms with Crippen molar-refractivity contribution in [3.63, 3.8) is 0 Å². The molecule has 8 nitrogen and oxygen atoms in total. The molecule has 1 fully saturated rings. The molecular formula is C33H31N5O3. The fourth-order valence-corrected chi connectivity index (χ4v) is 5.41. The SMILES string of the molecule is Cc1ccc(C(=O)N2CCN(Cc3c(-c4ccc([N+](=O)[O-])cc4)nc4ccc(-c5cccc(C)c5)cn34)CC2)cc1. The van der Waals surface area contributed by atoms with Gasteiger partial charge >= 0.3 is 0 Å². The number of amides is 1. The topological polar surface area (TPSA) is 84.0 Å². The number of carbonyl (C=O) groups is 1. The molecule has 1 saturated heterocycles. The number of nitro groups is 1. The van der Waals surface area contributed by atoms with Crippen LogP contribution in [-0.4, -0.2) is 56.2 Å². The lowest BCUT2D eigenvalue weighted by Gasteiger charge is -2.34. The summed E-state index contributed by atoms with van der Waals surface area (Å²) in [4.78, 5) is 33.2. The van der Waals surface area contributed by atoms with E-state index in [4.69, 9.17) is 4.98 Å². The molecule has 1 aliphatic rings. The minimum atomic E-state index is -0.389. The van der Waals surface area contributed by atoms with Gasteiger partial charge in [0.05, 0.1) is 16.3 Å². The zero-order valence-corrected chi connectivity index (χ0v) is 23.2. The Labute approximate surface area is 238 Å². The molecule has 0 aliphatic carbocycles. The highest BCUT2D eigenvalue weighted by Crippen LogP contribution is 2.30. The number of aryl methyl sites for hydroxylation is 2. The number of hydrogen-bond acceptors (Lipinski definition) is 5. The van der Waals surface area contributed by atoms with E-state index >= 15 is 0 Å². The number of hydrogen-bond donors (Lipinski definition) is 0. The second-order valence-corrected chi connectivity index (χ2v) is 10.7. The fourth-order valence-electron chi connectivity index (χ4n) is 5.41. The van der Waals surface area contributed by atoms with Crippen molar-refractivity contribution in [1.29, 1.82) is 0 Å². The molecule has 5 aromatic rings. The van der Waals surface area contributed by atoms with Crippen LogP contribution >= 0.6 is 0 Å². The summed E-state index contributed by atoms with van der Waals surface area (Å²) in [6.07, 6.45) is 2.12. The van der Waals surface area contributed by atoms with Crippen molar-refractivity contribution in [2.45, 2.75) is 20.4 Å². The summed E-state index contributed by atoms with van der Waals surface area (Å²) >= 11 is 0. The predicted molar refractivity (Wildman–Crippen MR) is 160 cm³/mol. The van der Waals surface area contributed by atoms with Gasteiger partial charge in [-0.3, -0.25) is 19.8 Å². The third-order valence-corrected chi connectivity index (χ3v) is 7.75. The third kappa shape index (κ3) is 5.47. The molecule has 0 radical (unpaired) electrons. The molecule has 2 aromatic heterocycles.